The Bertz CT molecular complexity index is 6040. The van der Waals surface area contributed by atoms with Crippen LogP contribution in [0.2, 0.25) is 0 Å². The van der Waals surface area contributed by atoms with E-state index in [-0.39, 0.29) is 0 Å². The lowest BCUT2D eigenvalue weighted by Crippen LogP contribution is -2.35. The van der Waals surface area contributed by atoms with Crippen LogP contribution in [0, 0.1) is 194 Å². The Labute approximate surface area is 726 Å². The average Bonchev–Trinajstić information content (AvgIpc) is 0.765. The van der Waals surface area contributed by atoms with Crippen LogP contribution in [0.5, 0.6) is 0 Å². The molecule has 14 rings (SSSR count). The smallest absolute Gasteiger partial charge is 0.199 e. The lowest BCUT2D eigenvalue weighted by molar-refractivity contribution is -0.667. The van der Waals surface area contributed by atoms with Gasteiger partial charge in [0.2, 0.25) is 39.9 Å². The van der Waals surface area contributed by atoms with Crippen LogP contribution in [0.25, 0.3) is 78.8 Å². The summed E-state index contributed by atoms with van der Waals surface area (Å²) in [5.41, 5.74) is 51.4. The van der Waals surface area contributed by atoms with Gasteiger partial charge in [-0.2, -0.15) is 32.0 Å². The van der Waals surface area contributed by atoms with Gasteiger partial charge in [-0.25, -0.2) is 0 Å². The maximum atomic E-state index is 7.64. The van der Waals surface area contributed by atoms with Crippen molar-refractivity contribution < 1.29 is 40.2 Å². The molecule has 0 saturated heterocycles. The second-order valence-corrected chi connectivity index (χ2v) is 33.5. The highest BCUT2D eigenvalue weighted by Gasteiger charge is 2.25. The number of nitrogens with zero attached hydrogens (tertiary/aromatic N) is 7. The first-order valence-corrected chi connectivity index (χ1v) is 41.8. The SMILES string of the molecule is Cc1cc(C)[n+](C)c(-c2cccc(C)c2C)c1.Cc1ccc(C)c(-c2c(C)ccc(C)[n+]2C)c1.Cc1ccc(C)c(-c2c(C)ccc(C)[n+]2C)c1.Cc1cccc(C)c1-c1c(C)ccc(C)[n+]1C.Cc1cccc(C)c1-c1c(C)ccc(C)[n+]1C.[2H]C([2H])([2H])c1ccc(-c2c(C)ccc(C)[n+]2C)c(C)c1.[2H]C([2H])([2H])c1cccc(-c2cc(C)cc(C)[n+]2C)c1C. The van der Waals surface area contributed by atoms with Crippen molar-refractivity contribution in [2.75, 3.05) is 0 Å². The molecule has 0 amide bonds. The third kappa shape index (κ3) is 22.3. The zero-order valence-corrected chi connectivity index (χ0v) is 78.3. The fourth-order valence-corrected chi connectivity index (χ4v) is 16.0. The monoisotopic (exact) mass is 1590 g/mol. The maximum absolute atomic E-state index is 7.64. The van der Waals surface area contributed by atoms with Gasteiger partial charge in [-0.3, -0.25) is 0 Å². The largest absolute Gasteiger partial charge is 0.215 e. The Balaban J connectivity index is 0.000000181. The highest BCUT2D eigenvalue weighted by molar-refractivity contribution is 5.71. The van der Waals surface area contributed by atoms with Crippen molar-refractivity contribution in [1.29, 1.82) is 0 Å². The van der Waals surface area contributed by atoms with Crippen molar-refractivity contribution in [1.82, 2.24) is 0 Å². The summed E-state index contributed by atoms with van der Waals surface area (Å²) in [5, 5.41) is 0. The zero-order valence-electron chi connectivity index (χ0n) is 84.3. The van der Waals surface area contributed by atoms with E-state index < -0.39 is 13.7 Å². The molecule has 0 atom stereocenters. The molecular formula is C112H140N7+7. The molecule has 0 unspecified atom stereocenters. The molecule has 7 aromatic heterocycles. The van der Waals surface area contributed by atoms with Gasteiger partial charge in [0.25, 0.3) is 0 Å². The van der Waals surface area contributed by atoms with Crippen molar-refractivity contribution in [3.63, 3.8) is 0 Å². The molecule has 119 heavy (non-hydrogen) atoms. The molecule has 0 radical (unpaired) electrons. The van der Waals surface area contributed by atoms with Crippen LogP contribution in [0.3, 0.4) is 0 Å². The molecule has 7 heteroatoms. The average molecular weight is 1590 g/mol. The number of aryl methyl sites for hydroxylation is 26. The van der Waals surface area contributed by atoms with Crippen LogP contribution in [-0.2, 0) is 49.3 Å². The van der Waals surface area contributed by atoms with Crippen molar-refractivity contribution in [3.05, 3.63) is 369 Å². The van der Waals surface area contributed by atoms with E-state index in [1.807, 2.05) is 46.1 Å². The summed E-state index contributed by atoms with van der Waals surface area (Å²) >= 11 is 0. The Hall–Kier alpha value is -11.4. The molecule has 0 bridgehead atoms. The first-order chi connectivity index (χ1) is 58.5. The van der Waals surface area contributed by atoms with E-state index in [9.17, 15) is 0 Å². The van der Waals surface area contributed by atoms with E-state index in [1.165, 1.54) is 185 Å². The topological polar surface area (TPSA) is 27.2 Å². The Morgan fingerprint density at radius 1 is 0.176 bits per heavy atom. The summed E-state index contributed by atoms with van der Waals surface area (Å²) in [4.78, 5) is 0. The van der Waals surface area contributed by atoms with Crippen LogP contribution in [0.15, 0.2) is 212 Å². The van der Waals surface area contributed by atoms with E-state index in [2.05, 4.69) is 409 Å². The van der Waals surface area contributed by atoms with Gasteiger partial charge in [-0.15, -0.1) is 0 Å². The summed E-state index contributed by atoms with van der Waals surface area (Å²) in [6.45, 7) is 51.3. The lowest BCUT2D eigenvalue weighted by atomic mass is 9.96. The molecule has 14 aromatic rings. The zero-order chi connectivity index (χ0) is 93.0. The number of aromatic nitrogens is 7. The normalized spacial score (nSPS) is 11.6. The fourth-order valence-electron chi connectivity index (χ4n) is 16.0. The highest BCUT2D eigenvalue weighted by Crippen LogP contribution is 2.33. The van der Waals surface area contributed by atoms with E-state index in [4.69, 9.17) is 8.22 Å². The number of benzene rings is 7. The van der Waals surface area contributed by atoms with Crippen LogP contribution in [0.1, 0.15) is 165 Å². The van der Waals surface area contributed by atoms with Crippen LogP contribution >= 0.6 is 0 Å². The van der Waals surface area contributed by atoms with E-state index in [1.54, 1.807) is 18.2 Å². The lowest BCUT2D eigenvalue weighted by Gasteiger charge is -2.11. The van der Waals surface area contributed by atoms with Crippen LogP contribution in [-0.4, -0.2) is 0 Å². The molecule has 0 N–H and O–H groups in total. The summed E-state index contributed by atoms with van der Waals surface area (Å²) < 4.78 is 61.0. The van der Waals surface area contributed by atoms with E-state index >= 15 is 0 Å². The van der Waals surface area contributed by atoms with Gasteiger partial charge < -0.3 is 0 Å². The molecule has 7 heterocycles. The number of pyridine rings is 7. The molecule has 7 nitrogen and oxygen atoms in total. The molecule has 0 aliphatic rings. The van der Waals surface area contributed by atoms with Gasteiger partial charge in [0.1, 0.15) is 49.3 Å². The second kappa shape index (κ2) is 40.8. The Morgan fingerprint density at radius 3 is 0.798 bits per heavy atom. The third-order valence-electron chi connectivity index (χ3n) is 24.1. The summed E-state index contributed by atoms with van der Waals surface area (Å²) in [6.07, 6.45) is 0. The van der Waals surface area contributed by atoms with Crippen molar-refractivity contribution in [3.8, 4) is 78.8 Å². The van der Waals surface area contributed by atoms with Crippen molar-refractivity contribution in [2.24, 2.45) is 49.3 Å². The fraction of sp³-hybridized carbons (Fsp3) is 0.312. The molecular weight excluding hydrogens is 1440 g/mol. The summed E-state index contributed by atoms with van der Waals surface area (Å²) in [7, 11) is 14.7. The predicted octanol–water partition coefficient (Wildman–Crippen LogP) is 23.9. The van der Waals surface area contributed by atoms with Gasteiger partial charge in [-0.1, -0.05) is 114 Å². The highest BCUT2D eigenvalue weighted by atomic mass is 15.0. The minimum absolute atomic E-state index is 0.395. The van der Waals surface area contributed by atoms with Gasteiger partial charge in [-0.05, 0) is 278 Å². The third-order valence-corrected chi connectivity index (χ3v) is 24.1. The van der Waals surface area contributed by atoms with Gasteiger partial charge in [0.05, 0.1) is 11.1 Å². The molecule has 0 aliphatic heterocycles. The summed E-state index contributed by atoms with van der Waals surface area (Å²) in [6, 6.07) is 74.0. The van der Waals surface area contributed by atoms with Gasteiger partial charge >= 0.3 is 0 Å². The molecule has 616 valence electrons. The van der Waals surface area contributed by atoms with Gasteiger partial charge in [0, 0.05) is 167 Å². The molecule has 7 aromatic carbocycles. The number of hydrogen-bond donors (Lipinski definition) is 0. The van der Waals surface area contributed by atoms with Gasteiger partial charge in [0.15, 0.2) is 39.9 Å². The molecule has 0 spiro atoms. The predicted molar refractivity (Wildman–Crippen MR) is 504 cm³/mol. The molecule has 0 fully saturated rings. The van der Waals surface area contributed by atoms with Crippen LogP contribution < -0.4 is 32.0 Å². The Morgan fingerprint density at radius 2 is 0.462 bits per heavy atom. The molecule has 0 saturated carbocycles. The van der Waals surface area contributed by atoms with E-state index in [0.29, 0.717) is 11.1 Å². The Kier molecular flexibility index (Phi) is 28.8. The minimum atomic E-state index is -2.07. The number of rotatable bonds is 7. The standard InChI is InChI=1S/7C16H20N/c1-11-6-9-15(13(3)10-11)16-12(2)7-8-14(4)17(16)5;2*1-11-6-7-12(2)15(10-11)16-13(3)8-9-14(4)17(16)5;2*1-11-9-13(3)17(5)16(10-11)15-8-6-7-12(2)14(15)4;2*1-11-7-6-8-12(2)15(11)16-13(3)9-10-14(4)17(16)5/h7*6-10H,1-5H3/q7*+1/i1D3;;;2D3;;;. The number of hydrogen-bond acceptors (Lipinski definition) is 0. The van der Waals surface area contributed by atoms with E-state index in [0.717, 1.165) is 39.3 Å². The first-order valence-electron chi connectivity index (χ1n) is 44.8. The van der Waals surface area contributed by atoms with Crippen molar-refractivity contribution >= 4 is 0 Å². The second-order valence-electron chi connectivity index (χ2n) is 33.5. The minimum Gasteiger partial charge on any atom is -0.199 e. The maximum Gasteiger partial charge on any atom is 0.215 e. The quantitative estimate of drug-likeness (QED) is 0.142. The molecule has 0 aliphatic carbocycles. The van der Waals surface area contributed by atoms with Crippen molar-refractivity contribution in [2.45, 2.75) is 194 Å². The van der Waals surface area contributed by atoms with Crippen LogP contribution in [0.4, 0.5) is 0 Å². The summed E-state index contributed by atoms with van der Waals surface area (Å²) in [5.74, 6) is 0. The first kappa shape index (κ1) is 84.1.